The minimum Gasteiger partial charge on any atom is -0.496 e. The van der Waals surface area contributed by atoms with Crippen LogP contribution in [0.25, 0.3) is 0 Å². The van der Waals surface area contributed by atoms with Crippen molar-refractivity contribution in [2.24, 2.45) is 0 Å². The van der Waals surface area contributed by atoms with Gasteiger partial charge in [-0.3, -0.25) is 19.3 Å². The first kappa shape index (κ1) is 33.5. The highest BCUT2D eigenvalue weighted by Crippen LogP contribution is 2.42. The summed E-state index contributed by atoms with van der Waals surface area (Å²) in [5, 5.41) is 0. The van der Waals surface area contributed by atoms with Gasteiger partial charge in [-0.15, -0.1) is 0 Å². The monoisotopic (exact) mass is 584 g/mol. The van der Waals surface area contributed by atoms with Gasteiger partial charge in [0.05, 0.1) is 44.6 Å². The lowest BCUT2D eigenvalue weighted by molar-refractivity contribution is -0.145. The molecule has 232 valence electrons. The minimum absolute atomic E-state index is 0.125. The second kappa shape index (κ2) is 17.2. The van der Waals surface area contributed by atoms with Crippen molar-refractivity contribution in [2.75, 3.05) is 67.2 Å². The number of esters is 1. The van der Waals surface area contributed by atoms with Gasteiger partial charge in [-0.25, -0.2) is 0 Å². The average Bonchev–Trinajstić information content (AvgIpc) is 2.97. The molecule has 0 amide bonds. The highest BCUT2D eigenvalue weighted by Gasteiger charge is 2.32. The molecule has 1 aromatic carbocycles. The van der Waals surface area contributed by atoms with Crippen molar-refractivity contribution >= 4 is 17.5 Å². The number of benzene rings is 1. The van der Waals surface area contributed by atoms with Gasteiger partial charge in [-0.2, -0.15) is 0 Å². The number of hydrogen-bond acceptors (Lipinski definition) is 9. The quantitative estimate of drug-likeness (QED) is 0.139. The van der Waals surface area contributed by atoms with Crippen LogP contribution in [0.4, 0.5) is 0 Å². The smallest absolute Gasteiger partial charge is 0.320 e. The number of ether oxygens (including phenoxy) is 4. The van der Waals surface area contributed by atoms with E-state index in [1.807, 2.05) is 13.8 Å². The number of allylic oxidation sites excluding steroid dienone is 3. The van der Waals surface area contributed by atoms with E-state index in [9.17, 15) is 14.4 Å². The first-order valence-electron chi connectivity index (χ1n) is 15.1. The van der Waals surface area contributed by atoms with E-state index < -0.39 is 0 Å². The number of carbonyl (C=O) groups excluding carboxylic acids is 3. The third kappa shape index (κ3) is 9.78. The maximum Gasteiger partial charge on any atom is 0.320 e. The number of nitrogens with zero attached hydrogens (tertiary/aromatic N) is 2. The SMILES string of the molecule is COc1cc(C(CC=C(C)C)OCCCCCCCCOC(=O)CN2CCN(C)CC2)c(OC)c2c1C(=O)C=CC2=O. The molecule has 0 saturated carbocycles. The molecule has 2 aliphatic rings. The molecular formula is C33H48N2O7. The molecule has 0 spiro atoms. The van der Waals surface area contributed by atoms with Crippen molar-refractivity contribution in [2.45, 2.75) is 64.9 Å². The lowest BCUT2D eigenvalue weighted by Gasteiger charge is -2.31. The van der Waals surface area contributed by atoms with Gasteiger partial charge in [0, 0.05) is 38.3 Å². The molecule has 1 saturated heterocycles. The average molecular weight is 585 g/mol. The summed E-state index contributed by atoms with van der Waals surface area (Å²) >= 11 is 0. The van der Waals surface area contributed by atoms with E-state index in [4.69, 9.17) is 18.9 Å². The molecule has 9 heteroatoms. The fourth-order valence-corrected chi connectivity index (χ4v) is 5.26. The summed E-state index contributed by atoms with van der Waals surface area (Å²) in [5.41, 5.74) is 2.32. The molecule has 9 nitrogen and oxygen atoms in total. The van der Waals surface area contributed by atoms with Crippen molar-refractivity contribution in [1.29, 1.82) is 0 Å². The van der Waals surface area contributed by atoms with Gasteiger partial charge in [0.2, 0.25) is 0 Å². The summed E-state index contributed by atoms with van der Waals surface area (Å²) in [5.74, 6) is 0.0217. The van der Waals surface area contributed by atoms with Crippen LogP contribution in [0.3, 0.4) is 0 Å². The molecule has 1 atom stereocenters. The Balaban J connectivity index is 1.44. The van der Waals surface area contributed by atoms with Crippen LogP contribution in [0, 0.1) is 0 Å². The van der Waals surface area contributed by atoms with Crippen LogP contribution >= 0.6 is 0 Å². The summed E-state index contributed by atoms with van der Waals surface area (Å²) in [6.45, 7) is 9.30. The Hall–Kier alpha value is -3.01. The van der Waals surface area contributed by atoms with Crippen LogP contribution < -0.4 is 9.47 Å². The van der Waals surface area contributed by atoms with Gasteiger partial charge in [-0.05, 0) is 58.4 Å². The highest BCUT2D eigenvalue weighted by molar-refractivity contribution is 6.24. The van der Waals surface area contributed by atoms with Gasteiger partial charge in [0.1, 0.15) is 11.5 Å². The van der Waals surface area contributed by atoms with Crippen molar-refractivity contribution < 1.29 is 33.3 Å². The number of piperazine rings is 1. The summed E-state index contributed by atoms with van der Waals surface area (Å²) in [4.78, 5) is 41.9. The van der Waals surface area contributed by atoms with E-state index in [0.29, 0.717) is 43.2 Å². The van der Waals surface area contributed by atoms with E-state index in [1.165, 1.54) is 26.4 Å². The fourth-order valence-electron chi connectivity index (χ4n) is 5.26. The third-order valence-corrected chi connectivity index (χ3v) is 7.73. The summed E-state index contributed by atoms with van der Waals surface area (Å²) < 4.78 is 23.0. The summed E-state index contributed by atoms with van der Waals surface area (Å²) in [6, 6.07) is 1.77. The normalized spacial score (nSPS) is 16.2. The van der Waals surface area contributed by atoms with Crippen molar-refractivity contribution in [3.8, 4) is 11.5 Å². The van der Waals surface area contributed by atoms with Crippen LogP contribution in [0.15, 0.2) is 29.9 Å². The van der Waals surface area contributed by atoms with Crippen LogP contribution in [-0.4, -0.2) is 94.5 Å². The van der Waals surface area contributed by atoms with E-state index >= 15 is 0 Å². The maximum absolute atomic E-state index is 12.8. The molecule has 3 rings (SSSR count). The molecule has 1 unspecified atom stereocenters. The zero-order chi connectivity index (χ0) is 30.5. The second-order valence-electron chi connectivity index (χ2n) is 11.3. The lowest BCUT2D eigenvalue weighted by Crippen LogP contribution is -2.46. The molecule has 42 heavy (non-hydrogen) atoms. The molecule has 1 aromatic rings. The number of unbranched alkanes of at least 4 members (excludes halogenated alkanes) is 5. The van der Waals surface area contributed by atoms with Crippen molar-refractivity contribution in [3.05, 3.63) is 46.6 Å². The predicted molar refractivity (Wildman–Crippen MR) is 163 cm³/mol. The zero-order valence-corrected chi connectivity index (χ0v) is 26.0. The Labute approximate surface area is 250 Å². The topological polar surface area (TPSA) is 94.6 Å². The van der Waals surface area contributed by atoms with Gasteiger partial charge >= 0.3 is 5.97 Å². The maximum atomic E-state index is 12.8. The Morgan fingerprint density at radius 1 is 0.881 bits per heavy atom. The van der Waals surface area contributed by atoms with Gasteiger partial charge < -0.3 is 23.8 Å². The molecule has 0 N–H and O–H groups in total. The standard InChI is InChI=1S/C33H48N2O7/c1-24(2)12-15-28(25-22-29(39-4)31-26(36)13-14-27(37)32(31)33(25)40-5)41-20-10-8-6-7-9-11-21-42-30(38)23-35-18-16-34(3)17-19-35/h12-14,22,28H,6-11,15-21,23H2,1-5H3. The highest BCUT2D eigenvalue weighted by atomic mass is 16.5. The Kier molecular flexibility index (Phi) is 13.7. The first-order valence-corrected chi connectivity index (χ1v) is 15.1. The van der Waals surface area contributed by atoms with E-state index in [-0.39, 0.29) is 34.8 Å². The number of hydrogen-bond donors (Lipinski definition) is 0. The molecule has 1 fully saturated rings. The first-order chi connectivity index (χ1) is 20.2. The molecule has 1 aliphatic heterocycles. The van der Waals surface area contributed by atoms with Crippen LogP contribution in [-0.2, 0) is 14.3 Å². The summed E-state index contributed by atoms with van der Waals surface area (Å²) in [6.07, 6.45) is 10.9. The number of carbonyl (C=O) groups is 3. The third-order valence-electron chi connectivity index (χ3n) is 7.73. The van der Waals surface area contributed by atoms with Crippen molar-refractivity contribution in [3.63, 3.8) is 0 Å². The predicted octanol–water partition coefficient (Wildman–Crippen LogP) is 5.18. The van der Waals surface area contributed by atoms with Gasteiger partial charge in [0.25, 0.3) is 0 Å². The van der Waals surface area contributed by atoms with E-state index in [1.54, 1.807) is 6.07 Å². The number of rotatable bonds is 17. The number of fused-ring (bicyclic) bond motifs is 1. The molecular weight excluding hydrogens is 536 g/mol. The Bertz CT molecular complexity index is 1130. The largest absolute Gasteiger partial charge is 0.496 e. The molecule has 0 radical (unpaired) electrons. The number of likely N-dealkylation sites (N-methyl/N-ethyl adjacent to an activating group) is 1. The Morgan fingerprint density at radius 3 is 2.12 bits per heavy atom. The van der Waals surface area contributed by atoms with Crippen LogP contribution in [0.2, 0.25) is 0 Å². The second-order valence-corrected chi connectivity index (χ2v) is 11.3. The zero-order valence-electron chi connectivity index (χ0n) is 26.0. The minimum atomic E-state index is -0.358. The van der Waals surface area contributed by atoms with Gasteiger partial charge in [-0.1, -0.05) is 37.3 Å². The van der Waals surface area contributed by atoms with E-state index in [2.05, 4.69) is 22.9 Å². The molecule has 0 aromatic heterocycles. The summed E-state index contributed by atoms with van der Waals surface area (Å²) in [7, 11) is 5.10. The number of ketones is 2. The molecule has 1 aliphatic carbocycles. The van der Waals surface area contributed by atoms with Gasteiger partial charge in [0.15, 0.2) is 11.6 Å². The van der Waals surface area contributed by atoms with Crippen LogP contribution in [0.1, 0.15) is 91.2 Å². The lowest BCUT2D eigenvalue weighted by atomic mass is 9.88. The van der Waals surface area contributed by atoms with Crippen molar-refractivity contribution in [1.82, 2.24) is 9.80 Å². The van der Waals surface area contributed by atoms with Crippen LogP contribution in [0.5, 0.6) is 11.5 Å². The number of methoxy groups -OCH3 is 2. The van der Waals surface area contributed by atoms with E-state index in [0.717, 1.165) is 70.3 Å². The Morgan fingerprint density at radius 2 is 1.50 bits per heavy atom. The fraction of sp³-hybridized carbons (Fsp3) is 0.606. The molecule has 0 bridgehead atoms. The molecule has 1 heterocycles.